The third-order valence-corrected chi connectivity index (χ3v) is 4.47. The third-order valence-electron chi connectivity index (χ3n) is 3.60. The first-order valence-corrected chi connectivity index (χ1v) is 8.11. The van der Waals surface area contributed by atoms with Gasteiger partial charge in [0.1, 0.15) is 0 Å². The monoisotopic (exact) mass is 297 g/mol. The van der Waals surface area contributed by atoms with E-state index in [0.29, 0.717) is 5.92 Å². The van der Waals surface area contributed by atoms with E-state index in [2.05, 4.69) is 46.7 Å². The van der Waals surface area contributed by atoms with E-state index in [1.807, 2.05) is 24.4 Å². The molecule has 1 N–H and O–H groups in total. The highest BCUT2D eigenvalue weighted by Crippen LogP contribution is 2.30. The van der Waals surface area contributed by atoms with Crippen LogP contribution in [0.2, 0.25) is 0 Å². The van der Waals surface area contributed by atoms with Gasteiger partial charge >= 0.3 is 0 Å². The van der Waals surface area contributed by atoms with Gasteiger partial charge in [-0.3, -0.25) is 5.43 Å². The van der Waals surface area contributed by atoms with E-state index in [1.165, 1.54) is 11.3 Å². The van der Waals surface area contributed by atoms with Crippen LogP contribution < -0.4 is 5.43 Å². The van der Waals surface area contributed by atoms with E-state index < -0.39 is 0 Å². The second-order valence-electron chi connectivity index (χ2n) is 5.22. The molecule has 0 fully saturated rings. The van der Waals surface area contributed by atoms with Gasteiger partial charge in [-0.1, -0.05) is 42.5 Å². The summed E-state index contributed by atoms with van der Waals surface area (Å²) in [6.45, 7) is 2.10. The standard InChI is InChI=1S/C17H19N3S/c1-13-16(15-10-6-3-7-11-15)19-17(21-13)20-18-12-14-8-4-2-5-9-14/h2-4,6-7,10-12,14H,5,8-9H2,1H3,(H,19,20)/b18-12-/t14-/m0/s1. The molecule has 0 radical (unpaired) electrons. The quantitative estimate of drug-likeness (QED) is 0.496. The number of thiazole rings is 1. The first-order chi connectivity index (χ1) is 10.3. The minimum absolute atomic E-state index is 0.553. The fourth-order valence-electron chi connectivity index (χ4n) is 2.46. The maximum absolute atomic E-state index is 4.64. The molecule has 0 amide bonds. The van der Waals surface area contributed by atoms with Crippen LogP contribution in [0.1, 0.15) is 24.1 Å². The first kappa shape index (κ1) is 14.0. The van der Waals surface area contributed by atoms with Crippen molar-refractivity contribution in [1.29, 1.82) is 0 Å². The Labute approximate surface area is 129 Å². The van der Waals surface area contributed by atoms with Gasteiger partial charge in [0.05, 0.1) is 5.69 Å². The van der Waals surface area contributed by atoms with Gasteiger partial charge in [-0.15, -0.1) is 11.3 Å². The molecule has 0 saturated carbocycles. The van der Waals surface area contributed by atoms with Gasteiger partial charge in [0.15, 0.2) is 0 Å². The number of nitrogens with one attached hydrogen (secondary N) is 1. The summed E-state index contributed by atoms with van der Waals surface area (Å²) in [5.41, 5.74) is 5.27. The molecule has 1 aromatic carbocycles. The van der Waals surface area contributed by atoms with Crippen LogP contribution in [0.4, 0.5) is 5.13 Å². The van der Waals surface area contributed by atoms with E-state index in [-0.39, 0.29) is 0 Å². The second kappa shape index (κ2) is 6.68. The van der Waals surface area contributed by atoms with Crippen molar-refractivity contribution >= 4 is 22.7 Å². The van der Waals surface area contributed by atoms with Gasteiger partial charge in [0.2, 0.25) is 5.13 Å². The Kier molecular flexibility index (Phi) is 4.46. The number of allylic oxidation sites excluding steroid dienone is 2. The maximum Gasteiger partial charge on any atom is 0.204 e. The summed E-state index contributed by atoms with van der Waals surface area (Å²) in [7, 11) is 0. The summed E-state index contributed by atoms with van der Waals surface area (Å²) < 4.78 is 0. The molecule has 3 nitrogen and oxygen atoms in total. The van der Waals surface area contributed by atoms with Crippen LogP contribution in [-0.4, -0.2) is 11.2 Å². The minimum Gasteiger partial charge on any atom is -0.253 e. The molecular weight excluding hydrogens is 278 g/mol. The number of rotatable bonds is 4. The van der Waals surface area contributed by atoms with Crippen molar-refractivity contribution < 1.29 is 0 Å². The summed E-state index contributed by atoms with van der Waals surface area (Å²) >= 11 is 1.65. The molecule has 0 spiro atoms. The number of hydrogen-bond acceptors (Lipinski definition) is 4. The Morgan fingerprint density at radius 2 is 2.14 bits per heavy atom. The normalized spacial score (nSPS) is 18.2. The largest absolute Gasteiger partial charge is 0.253 e. The Bertz CT molecular complexity index is 643. The zero-order chi connectivity index (χ0) is 14.5. The summed E-state index contributed by atoms with van der Waals surface area (Å²) in [5, 5.41) is 5.21. The number of aromatic nitrogens is 1. The van der Waals surface area contributed by atoms with E-state index in [4.69, 9.17) is 0 Å². The van der Waals surface area contributed by atoms with Gasteiger partial charge in [0, 0.05) is 16.7 Å². The zero-order valence-corrected chi connectivity index (χ0v) is 12.9. The van der Waals surface area contributed by atoms with Gasteiger partial charge in [-0.05, 0) is 32.1 Å². The summed E-state index contributed by atoms with van der Waals surface area (Å²) in [5.74, 6) is 0.553. The highest BCUT2D eigenvalue weighted by Gasteiger charge is 2.09. The van der Waals surface area contributed by atoms with Crippen molar-refractivity contribution in [2.75, 3.05) is 5.43 Å². The summed E-state index contributed by atoms with van der Waals surface area (Å²) in [6, 6.07) is 10.3. The molecule has 21 heavy (non-hydrogen) atoms. The predicted molar refractivity (Wildman–Crippen MR) is 90.9 cm³/mol. The van der Waals surface area contributed by atoms with Crippen LogP contribution in [0.3, 0.4) is 0 Å². The number of anilines is 1. The van der Waals surface area contributed by atoms with Gasteiger partial charge in [-0.25, -0.2) is 4.98 Å². The number of aryl methyl sites for hydroxylation is 1. The molecule has 1 heterocycles. The van der Waals surface area contributed by atoms with Gasteiger partial charge in [0.25, 0.3) is 0 Å². The van der Waals surface area contributed by atoms with Crippen molar-refractivity contribution in [2.45, 2.75) is 26.2 Å². The van der Waals surface area contributed by atoms with E-state index >= 15 is 0 Å². The molecular formula is C17H19N3S. The van der Waals surface area contributed by atoms with E-state index in [1.54, 1.807) is 11.3 Å². The van der Waals surface area contributed by atoms with Gasteiger partial charge in [-0.2, -0.15) is 5.10 Å². The average Bonchev–Trinajstić information content (AvgIpc) is 2.90. The Hall–Kier alpha value is -1.94. The van der Waals surface area contributed by atoms with Crippen LogP contribution in [0, 0.1) is 12.8 Å². The Balaban J connectivity index is 1.67. The lowest BCUT2D eigenvalue weighted by atomic mass is 9.96. The molecule has 1 atom stereocenters. The lowest BCUT2D eigenvalue weighted by Gasteiger charge is -2.11. The van der Waals surface area contributed by atoms with Crippen LogP contribution in [-0.2, 0) is 0 Å². The summed E-state index contributed by atoms with van der Waals surface area (Å²) in [6.07, 6.45) is 9.94. The lowest BCUT2D eigenvalue weighted by Crippen LogP contribution is -2.04. The maximum atomic E-state index is 4.64. The molecule has 4 heteroatoms. The van der Waals surface area contributed by atoms with Crippen molar-refractivity contribution in [3.8, 4) is 11.3 Å². The van der Waals surface area contributed by atoms with E-state index in [9.17, 15) is 0 Å². The highest BCUT2D eigenvalue weighted by molar-refractivity contribution is 7.15. The molecule has 108 valence electrons. The molecule has 1 aliphatic carbocycles. The smallest absolute Gasteiger partial charge is 0.204 e. The van der Waals surface area contributed by atoms with Crippen LogP contribution >= 0.6 is 11.3 Å². The van der Waals surface area contributed by atoms with Crippen molar-refractivity contribution in [3.63, 3.8) is 0 Å². The number of hydrogen-bond donors (Lipinski definition) is 1. The molecule has 0 saturated heterocycles. The SMILES string of the molecule is Cc1sc(N/N=C\[C@H]2CC=CCC2)nc1-c1ccccc1. The third kappa shape index (κ3) is 3.58. The van der Waals surface area contributed by atoms with Crippen LogP contribution in [0.15, 0.2) is 47.6 Å². The van der Waals surface area contributed by atoms with Crippen molar-refractivity contribution in [2.24, 2.45) is 11.0 Å². The highest BCUT2D eigenvalue weighted by atomic mass is 32.1. The Morgan fingerprint density at radius 3 is 2.90 bits per heavy atom. The number of benzene rings is 1. The van der Waals surface area contributed by atoms with Crippen molar-refractivity contribution in [1.82, 2.24) is 4.98 Å². The molecule has 0 aliphatic heterocycles. The Morgan fingerprint density at radius 1 is 1.29 bits per heavy atom. The first-order valence-electron chi connectivity index (χ1n) is 7.30. The fourth-order valence-corrected chi connectivity index (χ4v) is 3.24. The lowest BCUT2D eigenvalue weighted by molar-refractivity contribution is 0.627. The molecule has 3 rings (SSSR count). The molecule has 2 aromatic rings. The molecule has 0 bridgehead atoms. The van der Waals surface area contributed by atoms with Gasteiger partial charge < -0.3 is 0 Å². The molecule has 1 aromatic heterocycles. The van der Waals surface area contributed by atoms with Crippen LogP contribution in [0.5, 0.6) is 0 Å². The fraction of sp³-hybridized carbons (Fsp3) is 0.294. The summed E-state index contributed by atoms with van der Waals surface area (Å²) in [4.78, 5) is 5.85. The predicted octanol–water partition coefficient (Wildman–Crippen LogP) is 4.87. The average molecular weight is 297 g/mol. The topological polar surface area (TPSA) is 37.3 Å². The van der Waals surface area contributed by atoms with Crippen molar-refractivity contribution in [3.05, 3.63) is 47.4 Å². The molecule has 1 aliphatic rings. The minimum atomic E-state index is 0.553. The second-order valence-corrected chi connectivity index (χ2v) is 6.43. The van der Waals surface area contributed by atoms with Crippen LogP contribution in [0.25, 0.3) is 11.3 Å². The zero-order valence-electron chi connectivity index (χ0n) is 12.1. The number of hydrazone groups is 1. The van der Waals surface area contributed by atoms with E-state index in [0.717, 1.165) is 29.2 Å². The number of nitrogens with zero attached hydrogens (tertiary/aromatic N) is 2. The molecule has 0 unspecified atom stereocenters.